The number of hydrogen-bond acceptors (Lipinski definition) is 5. The Morgan fingerprint density at radius 3 is 2.90 bits per heavy atom. The van der Waals surface area contributed by atoms with Gasteiger partial charge in [0.15, 0.2) is 5.96 Å². The Morgan fingerprint density at radius 1 is 1.30 bits per heavy atom. The molecule has 2 atom stereocenters. The van der Waals surface area contributed by atoms with E-state index in [2.05, 4.69) is 53.6 Å². The summed E-state index contributed by atoms with van der Waals surface area (Å²) in [6.45, 7) is 11.8. The number of aliphatic hydroxyl groups excluding tert-OH is 1. The summed E-state index contributed by atoms with van der Waals surface area (Å²) in [5.41, 5.74) is 2.53. The number of rotatable bonds is 9. The maximum atomic E-state index is 9.43. The van der Waals surface area contributed by atoms with Crippen molar-refractivity contribution < 1.29 is 14.6 Å². The molecule has 0 aromatic heterocycles. The van der Waals surface area contributed by atoms with Gasteiger partial charge in [-0.05, 0) is 37.8 Å². The van der Waals surface area contributed by atoms with E-state index in [1.807, 2.05) is 0 Å². The molecule has 3 N–H and O–H groups in total. The van der Waals surface area contributed by atoms with E-state index < -0.39 is 0 Å². The van der Waals surface area contributed by atoms with E-state index in [9.17, 15) is 5.11 Å². The maximum absolute atomic E-state index is 9.43. The molecular weight excluding hydrogens is 380 g/mol. The molecule has 30 heavy (non-hydrogen) atoms. The predicted molar refractivity (Wildman–Crippen MR) is 120 cm³/mol. The summed E-state index contributed by atoms with van der Waals surface area (Å²) in [4.78, 5) is 7.24. The van der Waals surface area contributed by atoms with E-state index in [0.717, 1.165) is 64.7 Å². The zero-order valence-corrected chi connectivity index (χ0v) is 18.5. The average molecular weight is 419 g/mol. The molecule has 2 heterocycles. The van der Waals surface area contributed by atoms with Crippen LogP contribution in [0.15, 0.2) is 29.3 Å². The van der Waals surface area contributed by atoms with Crippen molar-refractivity contribution >= 4 is 5.96 Å². The molecular formula is C23H38N4O3. The van der Waals surface area contributed by atoms with Crippen LogP contribution in [-0.4, -0.2) is 74.7 Å². The van der Waals surface area contributed by atoms with E-state index in [4.69, 9.17) is 14.5 Å². The highest BCUT2D eigenvalue weighted by molar-refractivity contribution is 5.79. The molecule has 2 aliphatic rings. The Bertz CT molecular complexity index is 676. The number of nitrogens with one attached hydrogen (secondary N) is 2. The Kier molecular flexibility index (Phi) is 8.93. The number of aliphatic hydroxyl groups is 1. The van der Waals surface area contributed by atoms with Crippen LogP contribution in [0.2, 0.25) is 0 Å². The van der Waals surface area contributed by atoms with Gasteiger partial charge in [0, 0.05) is 51.4 Å². The third-order valence-electron chi connectivity index (χ3n) is 5.94. The first kappa shape index (κ1) is 23.0. The van der Waals surface area contributed by atoms with E-state index in [0.29, 0.717) is 19.3 Å². The molecule has 0 spiro atoms. The van der Waals surface area contributed by atoms with Crippen molar-refractivity contribution in [1.82, 2.24) is 15.5 Å². The Balaban J connectivity index is 1.57. The normalized spacial score (nSPS) is 25.4. The molecule has 3 rings (SSSR count). The first-order valence-corrected chi connectivity index (χ1v) is 11.2. The van der Waals surface area contributed by atoms with Gasteiger partial charge in [-0.25, -0.2) is 4.99 Å². The number of guanidine groups is 1. The molecule has 2 saturated heterocycles. The summed E-state index contributed by atoms with van der Waals surface area (Å²) in [5, 5.41) is 16.2. The van der Waals surface area contributed by atoms with Gasteiger partial charge in [-0.3, -0.25) is 4.90 Å². The van der Waals surface area contributed by atoms with Crippen molar-refractivity contribution in [2.75, 3.05) is 52.6 Å². The van der Waals surface area contributed by atoms with E-state index in [1.54, 1.807) is 0 Å². The van der Waals surface area contributed by atoms with Crippen LogP contribution in [0.4, 0.5) is 0 Å². The number of benzene rings is 1. The van der Waals surface area contributed by atoms with Crippen LogP contribution in [0.1, 0.15) is 37.8 Å². The topological polar surface area (TPSA) is 78.4 Å². The van der Waals surface area contributed by atoms with Crippen LogP contribution in [0.3, 0.4) is 0 Å². The zero-order valence-electron chi connectivity index (χ0n) is 18.5. The summed E-state index contributed by atoms with van der Waals surface area (Å²) in [7, 11) is 0. The molecule has 1 aromatic carbocycles. The van der Waals surface area contributed by atoms with Crippen LogP contribution in [-0.2, 0) is 22.6 Å². The van der Waals surface area contributed by atoms with Crippen LogP contribution in [0, 0.1) is 5.41 Å². The predicted octanol–water partition coefficient (Wildman–Crippen LogP) is 1.75. The minimum atomic E-state index is 0.000151. The van der Waals surface area contributed by atoms with Gasteiger partial charge in [-0.2, -0.15) is 0 Å². The smallest absolute Gasteiger partial charge is 0.191 e. The highest BCUT2D eigenvalue weighted by Gasteiger charge is 2.34. The molecule has 7 heteroatoms. The lowest BCUT2D eigenvalue weighted by Crippen LogP contribution is -2.44. The van der Waals surface area contributed by atoms with Gasteiger partial charge in [-0.15, -0.1) is 0 Å². The van der Waals surface area contributed by atoms with Gasteiger partial charge in [0.2, 0.25) is 0 Å². The summed E-state index contributed by atoms with van der Waals surface area (Å²) in [6, 6.07) is 8.70. The fourth-order valence-electron chi connectivity index (χ4n) is 4.21. The van der Waals surface area contributed by atoms with Crippen LogP contribution < -0.4 is 10.6 Å². The SMILES string of the molecule is CCNC(=NCc1cccc(CN2CCOC(C)C2)c1)NCC1(CCO)CCOC1. The molecule has 0 saturated carbocycles. The van der Waals surface area contributed by atoms with Crippen molar-refractivity contribution in [1.29, 1.82) is 0 Å². The minimum Gasteiger partial charge on any atom is -0.396 e. The Labute approximate surface area is 180 Å². The third kappa shape index (κ3) is 6.94. The fraction of sp³-hybridized carbons (Fsp3) is 0.696. The maximum Gasteiger partial charge on any atom is 0.191 e. The van der Waals surface area contributed by atoms with Crippen LogP contribution in [0.25, 0.3) is 0 Å². The fourth-order valence-corrected chi connectivity index (χ4v) is 4.21. The van der Waals surface area contributed by atoms with Crippen molar-refractivity contribution in [3.05, 3.63) is 35.4 Å². The zero-order chi connectivity index (χ0) is 21.2. The molecule has 168 valence electrons. The van der Waals surface area contributed by atoms with Gasteiger partial charge in [-0.1, -0.05) is 24.3 Å². The first-order valence-electron chi connectivity index (χ1n) is 11.2. The van der Waals surface area contributed by atoms with Gasteiger partial charge < -0.3 is 25.2 Å². The van der Waals surface area contributed by atoms with Gasteiger partial charge in [0.05, 0.1) is 25.9 Å². The molecule has 0 amide bonds. The molecule has 1 aromatic rings. The van der Waals surface area contributed by atoms with Crippen molar-refractivity contribution in [3.8, 4) is 0 Å². The van der Waals surface area contributed by atoms with E-state index in [-0.39, 0.29) is 12.0 Å². The molecule has 2 aliphatic heterocycles. The van der Waals surface area contributed by atoms with Gasteiger partial charge in [0.25, 0.3) is 0 Å². The highest BCUT2D eigenvalue weighted by atomic mass is 16.5. The standard InChI is InChI=1S/C23H38N4O3/c1-3-24-22(26-17-23(7-10-28)8-11-29-18-23)25-14-20-5-4-6-21(13-20)16-27-9-12-30-19(2)15-27/h4-6,13,19,28H,3,7-12,14-18H2,1-2H3,(H2,24,25,26). The summed E-state index contributed by atoms with van der Waals surface area (Å²) in [6.07, 6.45) is 2.03. The van der Waals surface area contributed by atoms with Crippen molar-refractivity contribution in [2.24, 2.45) is 10.4 Å². The second kappa shape index (κ2) is 11.6. The highest BCUT2D eigenvalue weighted by Crippen LogP contribution is 2.31. The third-order valence-corrected chi connectivity index (χ3v) is 5.94. The van der Waals surface area contributed by atoms with E-state index >= 15 is 0 Å². The second-order valence-corrected chi connectivity index (χ2v) is 8.56. The van der Waals surface area contributed by atoms with Crippen LogP contribution in [0.5, 0.6) is 0 Å². The average Bonchev–Trinajstić information content (AvgIpc) is 3.19. The number of nitrogens with zero attached hydrogens (tertiary/aromatic N) is 2. The van der Waals surface area contributed by atoms with Crippen molar-refractivity contribution in [3.63, 3.8) is 0 Å². The van der Waals surface area contributed by atoms with Crippen molar-refractivity contribution in [2.45, 2.75) is 45.9 Å². The molecule has 2 fully saturated rings. The molecule has 0 radical (unpaired) electrons. The Hall–Kier alpha value is -1.67. The summed E-state index contributed by atoms with van der Waals surface area (Å²) < 4.78 is 11.2. The summed E-state index contributed by atoms with van der Waals surface area (Å²) >= 11 is 0. The molecule has 2 unspecified atom stereocenters. The molecule has 0 bridgehead atoms. The van der Waals surface area contributed by atoms with Gasteiger partial charge in [0.1, 0.15) is 0 Å². The lowest BCUT2D eigenvalue weighted by atomic mass is 9.84. The minimum absolute atomic E-state index is 0.000151. The van der Waals surface area contributed by atoms with Gasteiger partial charge >= 0.3 is 0 Å². The largest absolute Gasteiger partial charge is 0.396 e. The quantitative estimate of drug-likeness (QED) is 0.419. The lowest BCUT2D eigenvalue weighted by Gasteiger charge is -2.31. The number of aliphatic imine (C=N–C) groups is 1. The number of ether oxygens (including phenoxy) is 2. The lowest BCUT2D eigenvalue weighted by molar-refractivity contribution is -0.0212. The summed E-state index contributed by atoms with van der Waals surface area (Å²) in [5.74, 6) is 0.814. The monoisotopic (exact) mass is 418 g/mol. The molecule has 0 aliphatic carbocycles. The van der Waals surface area contributed by atoms with E-state index in [1.165, 1.54) is 11.1 Å². The second-order valence-electron chi connectivity index (χ2n) is 8.56. The number of hydrogen-bond donors (Lipinski definition) is 3. The van der Waals surface area contributed by atoms with Crippen LogP contribution >= 0.6 is 0 Å². The first-order chi connectivity index (χ1) is 14.6. The molecule has 7 nitrogen and oxygen atoms in total. The Morgan fingerprint density at radius 2 is 2.17 bits per heavy atom. The number of morpholine rings is 1.